The summed E-state index contributed by atoms with van der Waals surface area (Å²) >= 11 is 0. The summed E-state index contributed by atoms with van der Waals surface area (Å²) in [6, 6.07) is 0. The van der Waals surface area contributed by atoms with Crippen molar-refractivity contribution in [1.82, 2.24) is 0 Å². The van der Waals surface area contributed by atoms with Crippen LogP contribution in [0.2, 0.25) is 0 Å². The van der Waals surface area contributed by atoms with Gasteiger partial charge in [0.1, 0.15) is 0 Å². The molecular weight excluding hydrogens is 191 g/mol. The number of hydrogen-bond acceptors (Lipinski definition) is 2. The van der Waals surface area contributed by atoms with Crippen molar-refractivity contribution in [2.24, 2.45) is 0 Å². The molecule has 50 valence electrons. The van der Waals surface area contributed by atoms with E-state index in [1.54, 1.807) is 0 Å². The first kappa shape index (κ1) is 31.3. The van der Waals surface area contributed by atoms with E-state index in [0.717, 1.165) is 0 Å². The summed E-state index contributed by atoms with van der Waals surface area (Å²) in [5, 5.41) is 15.2. The van der Waals surface area contributed by atoms with Gasteiger partial charge in [0.05, 0.1) is 13.2 Å². The van der Waals surface area contributed by atoms with Crippen LogP contribution in [-0.4, -0.2) is 84.2 Å². The maximum atomic E-state index is 7.62. The second kappa shape index (κ2) is 33.8. The van der Waals surface area contributed by atoms with Gasteiger partial charge in [-0.15, -0.1) is 24.8 Å². The Hall–Kier alpha value is 2.53. The Kier molecular flexibility index (Phi) is 132. The van der Waals surface area contributed by atoms with Gasteiger partial charge in [0.2, 0.25) is 0 Å². The Labute approximate surface area is 107 Å². The van der Waals surface area contributed by atoms with Gasteiger partial charge < -0.3 is 10.2 Å². The minimum atomic E-state index is -0.125. The van der Waals surface area contributed by atoms with Gasteiger partial charge in [0, 0.05) is 0 Å². The number of rotatable bonds is 1. The number of aliphatic hydroxyl groups excluding tert-OH is 2. The van der Waals surface area contributed by atoms with Crippen molar-refractivity contribution < 1.29 is 10.2 Å². The summed E-state index contributed by atoms with van der Waals surface area (Å²) in [5.41, 5.74) is 0. The van der Waals surface area contributed by atoms with E-state index in [2.05, 4.69) is 0 Å². The van der Waals surface area contributed by atoms with Gasteiger partial charge in [-0.05, 0) is 0 Å². The van der Waals surface area contributed by atoms with E-state index in [0.29, 0.717) is 0 Å². The summed E-state index contributed by atoms with van der Waals surface area (Å²) in [6.45, 7) is -0.250. The largest absolute Gasteiger partial charge is 0.316 e. The molecule has 0 unspecified atom stereocenters. The zero-order valence-electron chi connectivity index (χ0n) is 3.13. The molecule has 0 aliphatic rings. The molecule has 8 heavy (non-hydrogen) atoms. The van der Waals surface area contributed by atoms with Crippen LogP contribution in [0.25, 0.3) is 0 Å². The standard InChI is InChI=1S/C2H6O2.Ca.2ClH.Mg.4H/c3-1-2-4;;;;;;;;/h3-4H,1-2H2;;2*1H;;;;;. The van der Waals surface area contributed by atoms with Crippen LogP contribution in [0, 0.1) is 0 Å². The predicted molar refractivity (Wildman–Crippen MR) is 45.8 cm³/mol. The van der Waals surface area contributed by atoms with Crippen LogP contribution in [0.3, 0.4) is 0 Å². The summed E-state index contributed by atoms with van der Waals surface area (Å²) in [4.78, 5) is 0. The first-order valence-electron chi connectivity index (χ1n) is 1.13. The molecule has 0 saturated heterocycles. The zero-order valence-corrected chi connectivity index (χ0v) is 4.76. The molecule has 0 rings (SSSR count). The number of aliphatic hydroxyl groups is 2. The van der Waals surface area contributed by atoms with Crippen LogP contribution in [0.15, 0.2) is 0 Å². The van der Waals surface area contributed by atoms with E-state index in [-0.39, 0.29) is 98.8 Å². The van der Waals surface area contributed by atoms with Crippen molar-refractivity contribution in [2.75, 3.05) is 13.2 Å². The summed E-state index contributed by atoms with van der Waals surface area (Å²) < 4.78 is 0. The van der Waals surface area contributed by atoms with Gasteiger partial charge in [0.25, 0.3) is 0 Å². The molecule has 0 aliphatic carbocycles. The van der Waals surface area contributed by atoms with Gasteiger partial charge >= 0.3 is 60.8 Å². The van der Waals surface area contributed by atoms with Crippen LogP contribution in [0.1, 0.15) is 0 Å². The summed E-state index contributed by atoms with van der Waals surface area (Å²) in [6.07, 6.45) is 0. The Bertz CT molecular complexity index is 20.0. The predicted octanol–water partition coefficient (Wildman–Crippen LogP) is -2.02. The van der Waals surface area contributed by atoms with Gasteiger partial charge in [-0.3, -0.25) is 0 Å². The van der Waals surface area contributed by atoms with E-state index in [1.165, 1.54) is 0 Å². The molecule has 0 aliphatic heterocycles. The van der Waals surface area contributed by atoms with Crippen LogP contribution in [-0.2, 0) is 0 Å². The third kappa shape index (κ3) is 38.8. The van der Waals surface area contributed by atoms with Gasteiger partial charge in [-0.25, -0.2) is 0 Å². The molecule has 0 fully saturated rings. The molecule has 0 spiro atoms. The average molecular weight is 203 g/mol. The van der Waals surface area contributed by atoms with Crippen molar-refractivity contribution in [2.45, 2.75) is 0 Å². The van der Waals surface area contributed by atoms with Crippen LogP contribution in [0.4, 0.5) is 0 Å². The van der Waals surface area contributed by atoms with Crippen molar-refractivity contribution in [3.8, 4) is 0 Å². The molecule has 0 saturated carbocycles. The molecule has 0 aromatic heterocycles. The fourth-order valence-electron chi connectivity index (χ4n) is 0. The quantitative estimate of drug-likeness (QED) is 0.483. The molecular formula is C2H12CaCl2MgO2. The SMILES string of the molecule is Cl.Cl.OCCO.[CaH2].[MgH2]. The van der Waals surface area contributed by atoms with Crippen LogP contribution >= 0.6 is 24.8 Å². The Morgan fingerprint density at radius 3 is 1.00 bits per heavy atom. The number of hydrogen-bond donors (Lipinski definition) is 2. The molecule has 0 atom stereocenters. The van der Waals surface area contributed by atoms with E-state index >= 15 is 0 Å². The fourth-order valence-corrected chi connectivity index (χ4v) is 0. The van der Waals surface area contributed by atoms with Gasteiger partial charge in [0.15, 0.2) is 0 Å². The van der Waals surface area contributed by atoms with Gasteiger partial charge in [-0.2, -0.15) is 0 Å². The maximum Gasteiger partial charge on any atom is 0.316 e. The fraction of sp³-hybridized carbons (Fsp3) is 1.00. The second-order valence-corrected chi connectivity index (χ2v) is 0.447. The van der Waals surface area contributed by atoms with Crippen LogP contribution < -0.4 is 0 Å². The molecule has 0 aromatic carbocycles. The maximum absolute atomic E-state index is 7.62. The third-order valence-electron chi connectivity index (χ3n) is 0.1000. The molecule has 0 aromatic rings. The minimum Gasteiger partial charge on any atom is 0.316 e. The Balaban J connectivity index is -0.00000000750. The molecule has 6 heteroatoms. The molecule has 2 nitrogen and oxygen atoms in total. The summed E-state index contributed by atoms with van der Waals surface area (Å²) in [7, 11) is 0. The van der Waals surface area contributed by atoms with Crippen molar-refractivity contribution in [3.05, 3.63) is 0 Å². The van der Waals surface area contributed by atoms with Crippen molar-refractivity contribution in [1.29, 1.82) is 0 Å². The first-order valence-corrected chi connectivity index (χ1v) is 1.13. The first-order chi connectivity index (χ1) is 1.91. The van der Waals surface area contributed by atoms with Crippen LogP contribution in [0.5, 0.6) is 0 Å². The zero-order chi connectivity index (χ0) is 3.41. The topological polar surface area (TPSA) is 40.5 Å². The van der Waals surface area contributed by atoms with E-state index < -0.39 is 0 Å². The third-order valence-corrected chi connectivity index (χ3v) is 0.1000. The second-order valence-electron chi connectivity index (χ2n) is 0.447. The molecule has 0 heterocycles. The van der Waals surface area contributed by atoms with Crippen molar-refractivity contribution in [3.63, 3.8) is 0 Å². The van der Waals surface area contributed by atoms with E-state index in [1.807, 2.05) is 0 Å². The molecule has 0 radical (unpaired) electrons. The molecule has 0 bridgehead atoms. The Morgan fingerprint density at radius 1 is 0.875 bits per heavy atom. The molecule has 2 N–H and O–H groups in total. The average Bonchev–Trinajstić information content (AvgIpc) is 1.37. The smallest absolute Gasteiger partial charge is 0.316 e. The monoisotopic (exact) mass is 202 g/mol. The molecule has 0 amide bonds. The van der Waals surface area contributed by atoms with Crippen molar-refractivity contribution >= 4 is 85.6 Å². The number of halogens is 2. The van der Waals surface area contributed by atoms with E-state index in [4.69, 9.17) is 10.2 Å². The van der Waals surface area contributed by atoms with E-state index in [9.17, 15) is 0 Å². The normalized spacial score (nSPS) is 3.75. The van der Waals surface area contributed by atoms with Gasteiger partial charge in [-0.1, -0.05) is 0 Å². The Morgan fingerprint density at radius 2 is 1.00 bits per heavy atom. The summed E-state index contributed by atoms with van der Waals surface area (Å²) in [5.74, 6) is 0. The minimum absolute atomic E-state index is 0.